The number of rotatable bonds is 4. The number of amides is 1. The van der Waals surface area contributed by atoms with Gasteiger partial charge in [0.1, 0.15) is 0 Å². The molecule has 0 aliphatic carbocycles. The van der Waals surface area contributed by atoms with Crippen LogP contribution in [0.1, 0.15) is 22.8 Å². The maximum absolute atomic E-state index is 13.2. The van der Waals surface area contributed by atoms with Crippen molar-refractivity contribution < 1.29 is 13.6 Å². The first-order chi connectivity index (χ1) is 9.96. The van der Waals surface area contributed by atoms with Crippen LogP contribution in [-0.4, -0.2) is 11.2 Å². The molecule has 5 heteroatoms. The zero-order chi connectivity index (χ0) is 15.5. The fourth-order valence-electron chi connectivity index (χ4n) is 1.95. The Hall–Kier alpha value is -1.75. The number of carbonyl (C=O) groups is 1. The molecule has 0 bridgehead atoms. The second kappa shape index (κ2) is 6.35. The maximum atomic E-state index is 13.2. The zero-order valence-corrected chi connectivity index (χ0v) is 13.0. The predicted molar refractivity (Wildman–Crippen MR) is 81.4 cm³/mol. The second-order valence-corrected chi connectivity index (χ2v) is 5.48. The summed E-state index contributed by atoms with van der Waals surface area (Å²) in [6.45, 7) is 1.86. The van der Waals surface area contributed by atoms with Crippen LogP contribution in [0.5, 0.6) is 0 Å². The highest BCUT2D eigenvalue weighted by Gasteiger charge is 2.27. The number of halogens is 3. The van der Waals surface area contributed by atoms with Crippen molar-refractivity contribution in [2.45, 2.75) is 12.5 Å². The van der Waals surface area contributed by atoms with Gasteiger partial charge in [-0.05, 0) is 30.7 Å². The lowest BCUT2D eigenvalue weighted by Crippen LogP contribution is -2.44. The van der Waals surface area contributed by atoms with E-state index in [1.165, 1.54) is 6.07 Å². The van der Waals surface area contributed by atoms with Crippen molar-refractivity contribution in [2.24, 2.45) is 0 Å². The first-order valence-corrected chi connectivity index (χ1v) is 7.47. The molecule has 1 unspecified atom stereocenters. The van der Waals surface area contributed by atoms with Gasteiger partial charge in [0, 0.05) is 10.9 Å². The van der Waals surface area contributed by atoms with E-state index in [4.69, 9.17) is 0 Å². The highest BCUT2D eigenvalue weighted by molar-refractivity contribution is 9.09. The molecule has 2 aromatic carbocycles. The van der Waals surface area contributed by atoms with Gasteiger partial charge in [-0.1, -0.05) is 46.3 Å². The number of carbonyl (C=O) groups excluding carboxylic acids is 1. The minimum Gasteiger partial charge on any atom is -0.342 e. The Morgan fingerprint density at radius 2 is 1.81 bits per heavy atom. The highest BCUT2D eigenvalue weighted by atomic mass is 79.9. The van der Waals surface area contributed by atoms with Crippen molar-refractivity contribution in [3.05, 3.63) is 71.3 Å². The summed E-state index contributed by atoms with van der Waals surface area (Å²) in [6.07, 6.45) is 0. The molecule has 0 aliphatic heterocycles. The van der Waals surface area contributed by atoms with Gasteiger partial charge in [-0.15, -0.1) is 0 Å². The summed E-state index contributed by atoms with van der Waals surface area (Å²) in [7, 11) is 0. The molecule has 0 fully saturated rings. The Kier molecular flexibility index (Phi) is 4.73. The van der Waals surface area contributed by atoms with Crippen molar-refractivity contribution in [1.29, 1.82) is 0 Å². The molecular weight excluding hydrogens is 340 g/mol. The van der Waals surface area contributed by atoms with E-state index in [-0.39, 0.29) is 5.56 Å². The minimum absolute atomic E-state index is 0.0806. The lowest BCUT2D eigenvalue weighted by molar-refractivity contribution is 0.0913. The molecule has 21 heavy (non-hydrogen) atoms. The lowest BCUT2D eigenvalue weighted by Gasteiger charge is -2.29. The summed E-state index contributed by atoms with van der Waals surface area (Å²) in [5, 5.41) is 3.33. The van der Waals surface area contributed by atoms with Gasteiger partial charge in [-0.3, -0.25) is 4.79 Å². The van der Waals surface area contributed by atoms with Crippen molar-refractivity contribution >= 4 is 21.8 Å². The van der Waals surface area contributed by atoms with Crippen molar-refractivity contribution in [1.82, 2.24) is 5.32 Å². The third kappa shape index (κ3) is 3.47. The van der Waals surface area contributed by atoms with E-state index in [1.54, 1.807) is 0 Å². The van der Waals surface area contributed by atoms with Crippen LogP contribution in [0.15, 0.2) is 48.5 Å². The molecule has 0 radical (unpaired) electrons. The van der Waals surface area contributed by atoms with Gasteiger partial charge in [-0.2, -0.15) is 0 Å². The molecule has 0 saturated heterocycles. The fraction of sp³-hybridized carbons (Fsp3) is 0.188. The van der Waals surface area contributed by atoms with Crippen LogP contribution < -0.4 is 5.32 Å². The summed E-state index contributed by atoms with van der Waals surface area (Å²) in [6, 6.07) is 12.5. The van der Waals surface area contributed by atoms with E-state index >= 15 is 0 Å². The second-order valence-electron chi connectivity index (χ2n) is 4.91. The highest BCUT2D eigenvalue weighted by Crippen LogP contribution is 2.23. The third-order valence-corrected chi connectivity index (χ3v) is 4.37. The molecule has 2 rings (SSSR count). The largest absolute Gasteiger partial charge is 0.342 e. The van der Waals surface area contributed by atoms with E-state index in [9.17, 15) is 13.6 Å². The number of benzene rings is 2. The van der Waals surface area contributed by atoms with Crippen LogP contribution in [0, 0.1) is 11.6 Å². The van der Waals surface area contributed by atoms with Crippen molar-refractivity contribution in [3.8, 4) is 0 Å². The van der Waals surface area contributed by atoms with E-state index in [0.717, 1.165) is 17.7 Å². The Morgan fingerprint density at radius 1 is 1.14 bits per heavy atom. The van der Waals surface area contributed by atoms with E-state index < -0.39 is 23.1 Å². The van der Waals surface area contributed by atoms with E-state index in [1.807, 2.05) is 37.3 Å². The van der Waals surface area contributed by atoms with Crippen LogP contribution in [0.25, 0.3) is 0 Å². The lowest BCUT2D eigenvalue weighted by atomic mass is 9.94. The Bertz CT molecular complexity index is 648. The van der Waals surface area contributed by atoms with Gasteiger partial charge >= 0.3 is 0 Å². The summed E-state index contributed by atoms with van der Waals surface area (Å²) >= 11 is 3.39. The van der Waals surface area contributed by atoms with Crippen molar-refractivity contribution in [3.63, 3.8) is 0 Å². The predicted octanol–water partition coefficient (Wildman–Crippen LogP) is 4.00. The molecule has 0 aliphatic rings. The number of nitrogens with one attached hydrogen (secondary N) is 1. The standard InChI is InChI=1S/C16H14BrF2NO/c1-16(10-17,12-5-3-2-4-6-12)20-15(21)11-7-8-13(18)14(19)9-11/h2-9H,10H2,1H3,(H,20,21). The molecule has 0 saturated carbocycles. The number of alkyl halides is 1. The average Bonchev–Trinajstić information content (AvgIpc) is 2.50. The van der Waals surface area contributed by atoms with Gasteiger partial charge in [0.15, 0.2) is 11.6 Å². The summed E-state index contributed by atoms with van der Waals surface area (Å²) in [5.41, 5.74) is 0.346. The minimum atomic E-state index is -1.04. The average molecular weight is 354 g/mol. The molecule has 0 heterocycles. The van der Waals surface area contributed by atoms with Gasteiger partial charge in [0.2, 0.25) is 0 Å². The quantitative estimate of drug-likeness (QED) is 0.826. The topological polar surface area (TPSA) is 29.1 Å². The normalized spacial score (nSPS) is 13.5. The number of hydrogen-bond acceptors (Lipinski definition) is 1. The molecule has 2 aromatic rings. The summed E-state index contributed by atoms with van der Waals surface area (Å²) in [4.78, 5) is 12.2. The van der Waals surface area contributed by atoms with Gasteiger partial charge in [0.05, 0.1) is 5.54 Å². The molecule has 1 amide bonds. The van der Waals surface area contributed by atoms with Crippen LogP contribution in [0.4, 0.5) is 8.78 Å². The fourth-order valence-corrected chi connectivity index (χ4v) is 2.41. The molecular formula is C16H14BrF2NO. The zero-order valence-electron chi connectivity index (χ0n) is 11.4. The Morgan fingerprint density at radius 3 is 2.38 bits per heavy atom. The maximum Gasteiger partial charge on any atom is 0.252 e. The smallest absolute Gasteiger partial charge is 0.252 e. The third-order valence-electron chi connectivity index (χ3n) is 3.25. The van der Waals surface area contributed by atoms with E-state index in [2.05, 4.69) is 21.2 Å². The SMILES string of the molecule is CC(CBr)(NC(=O)c1ccc(F)c(F)c1)c1ccccc1. The van der Waals surface area contributed by atoms with Crippen LogP contribution in [0.3, 0.4) is 0 Å². The van der Waals surface area contributed by atoms with Crippen LogP contribution in [0.2, 0.25) is 0 Å². The Balaban J connectivity index is 2.26. The summed E-state index contributed by atoms with van der Waals surface area (Å²) < 4.78 is 26.1. The van der Waals surface area contributed by atoms with Crippen molar-refractivity contribution in [2.75, 3.05) is 5.33 Å². The first-order valence-electron chi connectivity index (χ1n) is 6.35. The molecule has 2 nitrogen and oxygen atoms in total. The van der Waals surface area contributed by atoms with Gasteiger partial charge in [0.25, 0.3) is 5.91 Å². The van der Waals surface area contributed by atoms with Gasteiger partial charge in [-0.25, -0.2) is 8.78 Å². The monoisotopic (exact) mass is 353 g/mol. The molecule has 1 atom stereocenters. The number of hydrogen-bond donors (Lipinski definition) is 1. The molecule has 0 aromatic heterocycles. The van der Waals surface area contributed by atoms with Crippen LogP contribution >= 0.6 is 15.9 Å². The van der Waals surface area contributed by atoms with Crippen LogP contribution in [-0.2, 0) is 5.54 Å². The summed E-state index contributed by atoms with van der Waals surface area (Å²) in [5.74, 6) is -2.47. The molecule has 0 spiro atoms. The van der Waals surface area contributed by atoms with E-state index in [0.29, 0.717) is 5.33 Å². The molecule has 110 valence electrons. The van der Waals surface area contributed by atoms with Gasteiger partial charge < -0.3 is 5.32 Å². The Labute approximate surface area is 130 Å². The first kappa shape index (κ1) is 15.6. The molecule has 1 N–H and O–H groups in total.